The number of nitriles is 1. The first-order valence-electron chi connectivity index (χ1n) is 4.80. The summed E-state index contributed by atoms with van der Waals surface area (Å²) in [6.07, 6.45) is 0. The van der Waals surface area contributed by atoms with Gasteiger partial charge in [-0.2, -0.15) is 5.26 Å². The fourth-order valence-corrected chi connectivity index (χ4v) is 1.56. The molecule has 0 amide bonds. The van der Waals surface area contributed by atoms with E-state index in [1.54, 1.807) is 7.11 Å². The molecule has 3 heteroatoms. The summed E-state index contributed by atoms with van der Waals surface area (Å²) >= 11 is 0. The summed E-state index contributed by atoms with van der Waals surface area (Å²) in [7, 11) is 5.44. The van der Waals surface area contributed by atoms with Crippen LogP contribution in [0.2, 0.25) is 0 Å². The normalized spacial score (nSPS) is 12.3. The number of methoxy groups -OCH3 is 1. The standard InChI is InChI=1S/C12H16N2O/c1-9-7-10(5-6-12(9)15-4)11(8-13)14(2)3/h5-7,11H,1-4H3. The lowest BCUT2D eigenvalue weighted by atomic mass is 10.0. The Balaban J connectivity index is 3.07. The van der Waals surface area contributed by atoms with Gasteiger partial charge in [-0.3, -0.25) is 4.90 Å². The molecule has 0 radical (unpaired) electrons. The Kier molecular flexibility index (Phi) is 3.70. The highest BCUT2D eigenvalue weighted by molar-refractivity contribution is 5.38. The zero-order chi connectivity index (χ0) is 11.4. The summed E-state index contributed by atoms with van der Waals surface area (Å²) in [6.45, 7) is 1.98. The predicted molar refractivity (Wildman–Crippen MR) is 59.8 cm³/mol. The van der Waals surface area contributed by atoms with Gasteiger partial charge in [-0.25, -0.2) is 0 Å². The van der Waals surface area contributed by atoms with Gasteiger partial charge in [-0.15, -0.1) is 0 Å². The zero-order valence-electron chi connectivity index (χ0n) is 9.61. The molecule has 0 aliphatic rings. The van der Waals surface area contributed by atoms with E-state index in [-0.39, 0.29) is 6.04 Å². The largest absolute Gasteiger partial charge is 0.496 e. The molecule has 0 heterocycles. The quantitative estimate of drug-likeness (QED) is 0.756. The van der Waals surface area contributed by atoms with Crippen molar-refractivity contribution in [2.45, 2.75) is 13.0 Å². The van der Waals surface area contributed by atoms with E-state index in [2.05, 4.69) is 6.07 Å². The molecule has 0 aliphatic heterocycles. The number of benzene rings is 1. The van der Waals surface area contributed by atoms with Crippen LogP contribution in [0.15, 0.2) is 18.2 Å². The molecule has 1 atom stereocenters. The molecule has 0 spiro atoms. The summed E-state index contributed by atoms with van der Waals surface area (Å²) in [5, 5.41) is 9.04. The van der Waals surface area contributed by atoms with Gasteiger partial charge in [0.25, 0.3) is 0 Å². The number of ether oxygens (including phenoxy) is 1. The summed E-state index contributed by atoms with van der Waals surface area (Å²) in [5.41, 5.74) is 2.05. The van der Waals surface area contributed by atoms with Crippen molar-refractivity contribution in [1.29, 1.82) is 5.26 Å². The molecule has 0 bridgehead atoms. The van der Waals surface area contributed by atoms with E-state index in [4.69, 9.17) is 10.00 Å². The third kappa shape index (κ3) is 2.48. The summed E-state index contributed by atoms with van der Waals surface area (Å²) < 4.78 is 5.18. The average Bonchev–Trinajstić information content (AvgIpc) is 2.18. The van der Waals surface area contributed by atoms with Crippen LogP contribution >= 0.6 is 0 Å². The van der Waals surface area contributed by atoms with Crippen LogP contribution in [0, 0.1) is 18.3 Å². The van der Waals surface area contributed by atoms with E-state index < -0.39 is 0 Å². The van der Waals surface area contributed by atoms with Gasteiger partial charge in [-0.1, -0.05) is 6.07 Å². The molecule has 1 rings (SSSR count). The zero-order valence-corrected chi connectivity index (χ0v) is 9.61. The molecule has 0 saturated heterocycles. The van der Waals surface area contributed by atoms with Crippen LogP contribution in [0.5, 0.6) is 5.75 Å². The van der Waals surface area contributed by atoms with Gasteiger partial charge in [0, 0.05) is 0 Å². The molecule has 15 heavy (non-hydrogen) atoms. The minimum Gasteiger partial charge on any atom is -0.496 e. The molecule has 1 unspecified atom stereocenters. The first kappa shape index (κ1) is 11.5. The number of aryl methyl sites for hydroxylation is 1. The van der Waals surface area contributed by atoms with Crippen LogP contribution in [0.4, 0.5) is 0 Å². The van der Waals surface area contributed by atoms with Gasteiger partial charge in [0.05, 0.1) is 13.2 Å². The van der Waals surface area contributed by atoms with E-state index in [1.807, 2.05) is 44.1 Å². The third-order valence-corrected chi connectivity index (χ3v) is 2.37. The third-order valence-electron chi connectivity index (χ3n) is 2.37. The molecular weight excluding hydrogens is 188 g/mol. The van der Waals surface area contributed by atoms with E-state index >= 15 is 0 Å². The lowest BCUT2D eigenvalue weighted by Crippen LogP contribution is -2.18. The molecule has 0 N–H and O–H groups in total. The monoisotopic (exact) mass is 204 g/mol. The Morgan fingerprint density at radius 1 is 1.40 bits per heavy atom. The van der Waals surface area contributed by atoms with Crippen LogP contribution in [0.1, 0.15) is 17.2 Å². The Morgan fingerprint density at radius 3 is 2.47 bits per heavy atom. The topological polar surface area (TPSA) is 36.3 Å². The fourth-order valence-electron chi connectivity index (χ4n) is 1.56. The minimum absolute atomic E-state index is 0.199. The molecule has 0 aromatic heterocycles. The maximum Gasteiger partial charge on any atom is 0.123 e. The van der Waals surface area contributed by atoms with Gasteiger partial charge >= 0.3 is 0 Å². The second kappa shape index (κ2) is 4.81. The Bertz CT molecular complexity index is 380. The first-order valence-corrected chi connectivity index (χ1v) is 4.80. The number of nitrogens with zero attached hydrogens (tertiary/aromatic N) is 2. The molecule has 3 nitrogen and oxygen atoms in total. The predicted octanol–water partition coefficient (Wildman–Crippen LogP) is 2.13. The summed E-state index contributed by atoms with van der Waals surface area (Å²) in [4.78, 5) is 1.89. The van der Waals surface area contributed by atoms with Gasteiger partial charge in [0.15, 0.2) is 0 Å². The molecule has 1 aromatic carbocycles. The molecule has 0 fully saturated rings. The van der Waals surface area contributed by atoms with E-state index in [0.29, 0.717) is 0 Å². The average molecular weight is 204 g/mol. The Labute approximate surface area is 90.9 Å². The van der Waals surface area contributed by atoms with Crippen molar-refractivity contribution in [2.75, 3.05) is 21.2 Å². The number of rotatable bonds is 3. The lowest BCUT2D eigenvalue weighted by molar-refractivity contribution is 0.357. The fraction of sp³-hybridized carbons (Fsp3) is 0.417. The second-order valence-corrected chi connectivity index (χ2v) is 3.72. The number of hydrogen-bond acceptors (Lipinski definition) is 3. The first-order chi connectivity index (χ1) is 7.10. The van der Waals surface area contributed by atoms with E-state index in [1.165, 1.54) is 0 Å². The van der Waals surface area contributed by atoms with Crippen molar-refractivity contribution in [1.82, 2.24) is 4.90 Å². The smallest absolute Gasteiger partial charge is 0.123 e. The van der Waals surface area contributed by atoms with E-state index in [9.17, 15) is 0 Å². The molecule has 0 saturated carbocycles. The minimum atomic E-state index is -0.199. The van der Waals surface area contributed by atoms with Gasteiger partial charge in [-0.05, 0) is 44.3 Å². The lowest BCUT2D eigenvalue weighted by Gasteiger charge is -2.18. The molecule has 80 valence electrons. The highest BCUT2D eigenvalue weighted by Crippen LogP contribution is 2.24. The SMILES string of the molecule is COc1ccc(C(C#N)N(C)C)cc1C. The van der Waals surface area contributed by atoms with Crippen molar-refractivity contribution >= 4 is 0 Å². The van der Waals surface area contributed by atoms with E-state index in [0.717, 1.165) is 16.9 Å². The van der Waals surface area contributed by atoms with Crippen LogP contribution in [0.3, 0.4) is 0 Å². The molecular formula is C12H16N2O. The molecule has 0 aliphatic carbocycles. The Morgan fingerprint density at radius 2 is 2.07 bits per heavy atom. The van der Waals surface area contributed by atoms with Gasteiger partial charge < -0.3 is 4.74 Å². The van der Waals surface area contributed by atoms with Gasteiger partial charge in [0.2, 0.25) is 0 Å². The molecule has 1 aromatic rings. The highest BCUT2D eigenvalue weighted by Gasteiger charge is 2.13. The van der Waals surface area contributed by atoms with Gasteiger partial charge in [0.1, 0.15) is 11.8 Å². The van der Waals surface area contributed by atoms with Crippen LogP contribution < -0.4 is 4.74 Å². The second-order valence-electron chi connectivity index (χ2n) is 3.72. The highest BCUT2D eigenvalue weighted by atomic mass is 16.5. The van der Waals surface area contributed by atoms with Crippen LogP contribution in [-0.2, 0) is 0 Å². The Hall–Kier alpha value is -1.53. The van der Waals surface area contributed by atoms with Crippen molar-refractivity contribution in [3.8, 4) is 11.8 Å². The summed E-state index contributed by atoms with van der Waals surface area (Å²) in [5.74, 6) is 0.856. The number of hydrogen-bond donors (Lipinski definition) is 0. The van der Waals surface area contributed by atoms with Crippen molar-refractivity contribution in [3.63, 3.8) is 0 Å². The van der Waals surface area contributed by atoms with Crippen molar-refractivity contribution < 1.29 is 4.74 Å². The maximum absolute atomic E-state index is 9.04. The van der Waals surface area contributed by atoms with Crippen LogP contribution in [0.25, 0.3) is 0 Å². The maximum atomic E-state index is 9.04. The van der Waals surface area contributed by atoms with Crippen molar-refractivity contribution in [2.24, 2.45) is 0 Å². The summed E-state index contributed by atoms with van der Waals surface area (Å²) in [6, 6.07) is 7.89. The van der Waals surface area contributed by atoms with Crippen LogP contribution in [-0.4, -0.2) is 26.1 Å². The van der Waals surface area contributed by atoms with Crippen molar-refractivity contribution in [3.05, 3.63) is 29.3 Å².